The van der Waals surface area contributed by atoms with E-state index in [2.05, 4.69) is 76.5 Å². The van der Waals surface area contributed by atoms with Gasteiger partial charge in [-0.15, -0.1) is 0 Å². The van der Waals surface area contributed by atoms with E-state index in [-0.39, 0.29) is 0 Å². The molecular weight excluding hydrogens is 525 g/mol. The molecule has 0 radical (unpaired) electrons. The monoisotopic (exact) mass is 549 g/mol. The van der Waals surface area contributed by atoms with Crippen molar-refractivity contribution in [1.82, 2.24) is 33.4 Å². The van der Waals surface area contributed by atoms with Gasteiger partial charge in [-0.1, -0.05) is 0 Å². The molecule has 0 aliphatic carbocycles. The first kappa shape index (κ1) is 21.1. The maximum absolute atomic E-state index is 4.71. The van der Waals surface area contributed by atoms with Crippen LogP contribution in [-0.4, -0.2) is 52.0 Å². The number of aromatic amines is 1. The standard InChI is InChI=1S/C20H14N7S.3CH3.Sn/c1-12-22-18-17(10-11-21-18)20(23-12)28-14-8-6-13(7-9-14)15-4-2-3-5-16(15)19-24-26-27-25-19;;;;/h2-11H,1H3,(H-,21,22,23,24,25,26,27);3*1H3;/q-1;;;;+1. The quantitative estimate of drug-likeness (QED) is 0.233. The minimum Gasteiger partial charge on any atom is -0.346 e. The van der Waals surface area contributed by atoms with Crippen molar-refractivity contribution in [2.45, 2.75) is 31.7 Å². The van der Waals surface area contributed by atoms with Crippen molar-refractivity contribution in [2.75, 3.05) is 0 Å². The van der Waals surface area contributed by atoms with Crippen molar-refractivity contribution in [1.29, 1.82) is 0 Å². The Hall–Kier alpha value is -2.72. The third-order valence-electron chi connectivity index (χ3n) is 5.05. The fourth-order valence-corrected chi connectivity index (χ4v) is 6.42. The molecule has 0 amide bonds. The first-order valence-corrected chi connectivity index (χ1v) is 21.0. The van der Waals surface area contributed by atoms with Crippen LogP contribution >= 0.6 is 11.8 Å². The van der Waals surface area contributed by atoms with Gasteiger partial charge < -0.3 is 4.98 Å². The van der Waals surface area contributed by atoms with Gasteiger partial charge in [0.15, 0.2) is 0 Å². The summed E-state index contributed by atoms with van der Waals surface area (Å²) in [5.41, 5.74) is 4.07. The molecule has 32 heavy (non-hydrogen) atoms. The van der Waals surface area contributed by atoms with Crippen LogP contribution in [0.15, 0.2) is 70.7 Å². The van der Waals surface area contributed by atoms with Gasteiger partial charge in [-0.3, -0.25) is 0 Å². The number of hydrogen-bond acceptors (Lipinski definition) is 6. The minimum absolute atomic E-state index is 0.678. The summed E-state index contributed by atoms with van der Waals surface area (Å²) in [6, 6.07) is 18.8. The molecule has 7 nitrogen and oxygen atoms in total. The van der Waals surface area contributed by atoms with Crippen molar-refractivity contribution in [3.05, 3.63) is 66.6 Å². The number of aromatic nitrogens is 7. The SMILES string of the molecule is Cc1nc(Sc2ccc(-c3ccccc3-c3nn[n]([Sn]([CH3])([CH3])[CH3])n3)cc2)c2cc[nH]c2n1. The molecule has 0 bridgehead atoms. The van der Waals surface area contributed by atoms with Crippen LogP contribution in [0.5, 0.6) is 0 Å². The van der Waals surface area contributed by atoms with Crippen LogP contribution in [0.1, 0.15) is 5.82 Å². The average Bonchev–Trinajstić information content (AvgIpc) is 3.44. The maximum atomic E-state index is 4.71. The van der Waals surface area contributed by atoms with Gasteiger partial charge in [0.05, 0.1) is 0 Å². The number of nitrogens with one attached hydrogen (secondary N) is 1. The van der Waals surface area contributed by atoms with Gasteiger partial charge >= 0.3 is 155 Å². The molecule has 0 aliphatic heterocycles. The summed E-state index contributed by atoms with van der Waals surface area (Å²) in [7, 11) is 0. The van der Waals surface area contributed by atoms with E-state index in [0.29, 0.717) is 5.82 Å². The third kappa shape index (κ3) is 4.16. The van der Waals surface area contributed by atoms with Crippen LogP contribution < -0.4 is 0 Å². The van der Waals surface area contributed by atoms with E-state index in [1.54, 1.807) is 11.8 Å². The fraction of sp³-hybridized carbons (Fsp3) is 0.174. The van der Waals surface area contributed by atoms with E-state index in [9.17, 15) is 0 Å². The van der Waals surface area contributed by atoms with E-state index in [1.807, 2.05) is 34.3 Å². The summed E-state index contributed by atoms with van der Waals surface area (Å²) in [6.45, 7) is 1.91. The molecule has 0 unspecified atom stereocenters. The number of H-pyrrole nitrogens is 1. The molecule has 3 aromatic heterocycles. The zero-order chi connectivity index (χ0) is 22.3. The van der Waals surface area contributed by atoms with E-state index in [0.717, 1.165) is 43.5 Å². The number of nitrogens with zero attached hydrogens (tertiary/aromatic N) is 6. The molecule has 0 fully saturated rings. The number of rotatable bonds is 5. The Kier molecular flexibility index (Phi) is 5.50. The summed E-state index contributed by atoms with van der Waals surface area (Å²) in [4.78, 5) is 20.2. The first-order chi connectivity index (χ1) is 15.4. The number of hydrogen-bond donors (Lipinski definition) is 1. The first-order valence-electron chi connectivity index (χ1n) is 10.4. The van der Waals surface area contributed by atoms with Crippen molar-refractivity contribution < 1.29 is 0 Å². The topological polar surface area (TPSA) is 85.2 Å². The van der Waals surface area contributed by atoms with Crippen molar-refractivity contribution >= 4 is 41.4 Å². The molecular formula is C23H23N7SSn. The molecule has 0 atom stereocenters. The predicted molar refractivity (Wildman–Crippen MR) is 130 cm³/mol. The van der Waals surface area contributed by atoms with Gasteiger partial charge in [0, 0.05) is 6.20 Å². The second-order valence-electron chi connectivity index (χ2n) is 8.56. The van der Waals surface area contributed by atoms with Crippen LogP contribution in [0, 0.1) is 6.92 Å². The molecule has 0 saturated carbocycles. The minimum atomic E-state index is -2.44. The second kappa shape index (κ2) is 8.32. The molecule has 1 N–H and O–H groups in total. The average molecular weight is 548 g/mol. The van der Waals surface area contributed by atoms with Crippen LogP contribution in [0.4, 0.5) is 0 Å². The fourth-order valence-electron chi connectivity index (χ4n) is 3.45. The van der Waals surface area contributed by atoms with Crippen LogP contribution in [0.25, 0.3) is 33.5 Å². The molecule has 9 heteroatoms. The van der Waals surface area contributed by atoms with Crippen molar-refractivity contribution in [2.24, 2.45) is 0 Å². The second-order valence-corrected chi connectivity index (χ2v) is 23.2. The van der Waals surface area contributed by atoms with Crippen LogP contribution in [-0.2, 0) is 0 Å². The van der Waals surface area contributed by atoms with Crippen molar-refractivity contribution in [3.63, 3.8) is 0 Å². The molecule has 0 aliphatic rings. The predicted octanol–water partition coefficient (Wildman–Crippen LogP) is 5.42. The number of tetrazole rings is 1. The number of benzene rings is 2. The Morgan fingerprint density at radius 1 is 0.906 bits per heavy atom. The van der Waals surface area contributed by atoms with E-state index in [4.69, 9.17) is 5.10 Å². The van der Waals surface area contributed by atoms with Crippen LogP contribution in [0.2, 0.25) is 14.8 Å². The summed E-state index contributed by atoms with van der Waals surface area (Å²) >= 11 is -0.797. The van der Waals surface area contributed by atoms with Gasteiger partial charge in [0.1, 0.15) is 11.5 Å². The summed E-state index contributed by atoms with van der Waals surface area (Å²) < 4.78 is 1.87. The number of fused-ring (bicyclic) bond motifs is 1. The Bertz CT molecular complexity index is 1400. The van der Waals surface area contributed by atoms with Gasteiger partial charge in [0.25, 0.3) is 0 Å². The summed E-state index contributed by atoms with van der Waals surface area (Å²) in [6.07, 6.45) is 1.90. The van der Waals surface area contributed by atoms with E-state index in [1.165, 1.54) is 0 Å². The van der Waals surface area contributed by atoms with Gasteiger partial charge in [-0.2, -0.15) is 0 Å². The Balaban J connectivity index is 1.46. The number of aryl methyl sites for hydroxylation is 1. The van der Waals surface area contributed by atoms with E-state index < -0.39 is 18.7 Å². The normalized spacial score (nSPS) is 11.9. The molecule has 5 rings (SSSR count). The molecule has 3 heterocycles. The Morgan fingerprint density at radius 2 is 1.66 bits per heavy atom. The van der Waals surface area contributed by atoms with Gasteiger partial charge in [-0.25, -0.2) is 4.98 Å². The molecule has 2 aromatic carbocycles. The summed E-state index contributed by atoms with van der Waals surface area (Å²) in [5.74, 6) is 1.44. The molecule has 0 spiro atoms. The van der Waals surface area contributed by atoms with Crippen molar-refractivity contribution in [3.8, 4) is 22.5 Å². The zero-order valence-corrected chi connectivity index (χ0v) is 22.0. The summed E-state index contributed by atoms with van der Waals surface area (Å²) in [5, 5.41) is 15.4. The third-order valence-corrected chi connectivity index (χ3v) is 10.0. The smallest absolute Gasteiger partial charge is 0.346 e. The molecule has 0 saturated heterocycles. The van der Waals surface area contributed by atoms with E-state index >= 15 is 0 Å². The van der Waals surface area contributed by atoms with Gasteiger partial charge in [-0.05, 0) is 13.0 Å². The Labute approximate surface area is 194 Å². The van der Waals surface area contributed by atoms with Gasteiger partial charge in [0.2, 0.25) is 0 Å². The van der Waals surface area contributed by atoms with Crippen LogP contribution in [0.3, 0.4) is 0 Å². The molecule has 5 aromatic rings. The zero-order valence-electron chi connectivity index (χ0n) is 18.4. The Morgan fingerprint density at radius 3 is 2.38 bits per heavy atom. The molecule has 160 valence electrons.